The normalized spacial score (nSPS) is 12.1. The first-order valence-electron chi connectivity index (χ1n) is 8.89. The summed E-state index contributed by atoms with van der Waals surface area (Å²) in [7, 11) is 0. The number of non-ortho nitro benzene ring substituents is 1. The van der Waals surface area contributed by atoms with E-state index >= 15 is 0 Å². The summed E-state index contributed by atoms with van der Waals surface area (Å²) < 4.78 is 21.6. The van der Waals surface area contributed by atoms with Gasteiger partial charge in [-0.25, -0.2) is 9.18 Å². The molecule has 0 unspecified atom stereocenters. The lowest BCUT2D eigenvalue weighted by Crippen LogP contribution is -2.30. The van der Waals surface area contributed by atoms with Crippen molar-refractivity contribution in [2.75, 3.05) is 6.61 Å². The maximum Gasteiger partial charge on any atom is 0.333 e. The van der Waals surface area contributed by atoms with Gasteiger partial charge in [-0.05, 0) is 19.1 Å². The number of aliphatic hydroxyl groups excluding tert-OH is 1. The molecule has 0 radical (unpaired) electrons. The molecule has 29 heavy (non-hydrogen) atoms. The van der Waals surface area contributed by atoms with Gasteiger partial charge in [0.2, 0.25) is 0 Å². The van der Waals surface area contributed by atoms with Gasteiger partial charge in [0.05, 0.1) is 36.5 Å². The smallest absolute Gasteiger partial charge is 0.333 e. The van der Waals surface area contributed by atoms with Crippen LogP contribution in [0.4, 0.5) is 10.1 Å². The van der Waals surface area contributed by atoms with Gasteiger partial charge in [0.1, 0.15) is 5.82 Å². The number of aryl methyl sites for hydroxylation is 1. The zero-order valence-corrected chi connectivity index (χ0v) is 15.7. The van der Waals surface area contributed by atoms with E-state index in [0.717, 1.165) is 0 Å². The standard InChI is InChI=1S/C20H20FN3O5/c1-14-10-22(11-18(25)13-29-12-15-5-2-3-8-19(15)21)20(26)23(14)16-6-4-7-17(9-16)24(27)28/h2-10,18,25H,11-13H2,1H3/t18-/m1/s1. The second-order valence-corrected chi connectivity index (χ2v) is 6.58. The van der Waals surface area contributed by atoms with E-state index in [1.807, 2.05) is 0 Å². The molecule has 0 bridgehead atoms. The lowest BCUT2D eigenvalue weighted by molar-refractivity contribution is -0.384. The van der Waals surface area contributed by atoms with E-state index in [1.165, 1.54) is 33.4 Å². The zero-order chi connectivity index (χ0) is 21.0. The third-order valence-corrected chi connectivity index (χ3v) is 4.36. The number of ether oxygens (including phenoxy) is 1. The fourth-order valence-electron chi connectivity index (χ4n) is 3.01. The summed E-state index contributed by atoms with van der Waals surface area (Å²) in [6, 6.07) is 11.9. The van der Waals surface area contributed by atoms with E-state index in [9.17, 15) is 24.4 Å². The highest BCUT2D eigenvalue weighted by molar-refractivity contribution is 5.44. The number of nitro groups is 1. The van der Waals surface area contributed by atoms with Crippen LogP contribution in [-0.2, 0) is 17.9 Å². The number of imidazole rings is 1. The van der Waals surface area contributed by atoms with Crippen molar-refractivity contribution in [3.05, 3.63) is 92.4 Å². The monoisotopic (exact) mass is 401 g/mol. The van der Waals surface area contributed by atoms with Crippen LogP contribution in [0.25, 0.3) is 5.69 Å². The third kappa shape index (κ3) is 4.76. The van der Waals surface area contributed by atoms with Gasteiger partial charge in [-0.1, -0.05) is 24.3 Å². The van der Waals surface area contributed by atoms with Gasteiger partial charge in [-0.3, -0.25) is 19.2 Å². The summed E-state index contributed by atoms with van der Waals surface area (Å²) in [6.07, 6.45) is 0.571. The van der Waals surface area contributed by atoms with Crippen molar-refractivity contribution >= 4 is 5.69 Å². The first-order chi connectivity index (χ1) is 13.9. The first kappa shape index (κ1) is 20.4. The quantitative estimate of drug-likeness (QED) is 0.462. The predicted molar refractivity (Wildman–Crippen MR) is 103 cm³/mol. The maximum absolute atomic E-state index is 13.6. The number of hydrogen-bond donors (Lipinski definition) is 1. The zero-order valence-electron chi connectivity index (χ0n) is 15.7. The Morgan fingerprint density at radius 2 is 2.00 bits per heavy atom. The van der Waals surface area contributed by atoms with Crippen LogP contribution in [-0.4, -0.2) is 31.9 Å². The molecule has 1 heterocycles. The van der Waals surface area contributed by atoms with E-state index < -0.39 is 16.7 Å². The Labute approximate surface area is 165 Å². The Balaban J connectivity index is 1.68. The van der Waals surface area contributed by atoms with E-state index in [1.54, 1.807) is 37.4 Å². The Kier molecular flexibility index (Phi) is 6.20. The van der Waals surface area contributed by atoms with Crippen LogP contribution in [0.15, 0.2) is 59.5 Å². The van der Waals surface area contributed by atoms with Crippen molar-refractivity contribution in [3.8, 4) is 5.69 Å². The predicted octanol–water partition coefficient (Wildman–Crippen LogP) is 2.57. The molecule has 0 fully saturated rings. The van der Waals surface area contributed by atoms with Crippen LogP contribution in [0.3, 0.4) is 0 Å². The van der Waals surface area contributed by atoms with Crippen LogP contribution < -0.4 is 5.69 Å². The molecule has 8 nitrogen and oxygen atoms in total. The Hall–Kier alpha value is -3.30. The number of aliphatic hydroxyl groups is 1. The molecule has 0 saturated carbocycles. The topological polar surface area (TPSA) is 99.5 Å². The number of halogens is 1. The Morgan fingerprint density at radius 1 is 1.24 bits per heavy atom. The molecular weight excluding hydrogens is 381 g/mol. The largest absolute Gasteiger partial charge is 0.389 e. The fourth-order valence-corrected chi connectivity index (χ4v) is 3.01. The summed E-state index contributed by atoms with van der Waals surface area (Å²) in [5.74, 6) is -0.386. The first-order valence-corrected chi connectivity index (χ1v) is 8.89. The molecule has 3 rings (SSSR count). The molecule has 9 heteroatoms. The average Bonchev–Trinajstić information content (AvgIpc) is 2.96. The van der Waals surface area contributed by atoms with Gasteiger partial charge in [0.15, 0.2) is 0 Å². The molecule has 0 spiro atoms. The fraction of sp³-hybridized carbons (Fsp3) is 0.250. The van der Waals surface area contributed by atoms with Crippen LogP contribution >= 0.6 is 0 Å². The van der Waals surface area contributed by atoms with E-state index in [2.05, 4.69) is 0 Å². The van der Waals surface area contributed by atoms with Crippen molar-refractivity contribution < 1.29 is 19.2 Å². The van der Waals surface area contributed by atoms with Crippen LogP contribution in [0.1, 0.15) is 11.3 Å². The maximum atomic E-state index is 13.6. The van der Waals surface area contributed by atoms with Crippen molar-refractivity contribution in [2.45, 2.75) is 26.2 Å². The molecule has 1 N–H and O–H groups in total. The summed E-state index contributed by atoms with van der Waals surface area (Å²) in [4.78, 5) is 23.1. The summed E-state index contributed by atoms with van der Waals surface area (Å²) in [6.45, 7) is 1.59. The summed E-state index contributed by atoms with van der Waals surface area (Å²) >= 11 is 0. The second kappa shape index (κ2) is 8.80. The Morgan fingerprint density at radius 3 is 2.72 bits per heavy atom. The van der Waals surface area contributed by atoms with Gasteiger partial charge in [0, 0.05) is 29.6 Å². The van der Waals surface area contributed by atoms with Gasteiger partial charge in [-0.15, -0.1) is 0 Å². The highest BCUT2D eigenvalue weighted by Gasteiger charge is 2.15. The minimum atomic E-state index is -0.986. The number of rotatable bonds is 8. The number of nitro benzene ring substituents is 1. The van der Waals surface area contributed by atoms with Crippen molar-refractivity contribution in [1.82, 2.24) is 9.13 Å². The average molecular weight is 401 g/mol. The van der Waals surface area contributed by atoms with Gasteiger partial charge < -0.3 is 9.84 Å². The summed E-state index contributed by atoms with van der Waals surface area (Å²) in [5.41, 5.74) is 0.754. The number of benzene rings is 2. The van der Waals surface area contributed by atoms with Crippen LogP contribution in [0, 0.1) is 22.9 Å². The molecule has 1 atom stereocenters. The molecule has 152 valence electrons. The van der Waals surface area contributed by atoms with Crippen LogP contribution in [0.5, 0.6) is 0 Å². The van der Waals surface area contributed by atoms with E-state index in [4.69, 9.17) is 4.74 Å². The van der Waals surface area contributed by atoms with Gasteiger partial charge in [-0.2, -0.15) is 0 Å². The molecule has 2 aromatic carbocycles. The number of hydrogen-bond acceptors (Lipinski definition) is 5. The van der Waals surface area contributed by atoms with E-state index in [-0.39, 0.29) is 31.3 Å². The minimum Gasteiger partial charge on any atom is -0.389 e. The molecule has 1 aromatic heterocycles. The number of nitrogens with zero attached hydrogens (tertiary/aromatic N) is 3. The van der Waals surface area contributed by atoms with Gasteiger partial charge >= 0.3 is 5.69 Å². The minimum absolute atomic E-state index is 0.00630. The molecule has 3 aromatic rings. The highest BCUT2D eigenvalue weighted by atomic mass is 19.1. The molecule has 0 aliphatic heterocycles. The third-order valence-electron chi connectivity index (χ3n) is 4.36. The lowest BCUT2D eigenvalue weighted by atomic mass is 10.2. The molecule has 0 saturated heterocycles. The molecule has 0 aliphatic rings. The van der Waals surface area contributed by atoms with Crippen molar-refractivity contribution in [3.63, 3.8) is 0 Å². The van der Waals surface area contributed by atoms with E-state index in [0.29, 0.717) is 16.9 Å². The lowest BCUT2D eigenvalue weighted by Gasteiger charge is -2.12. The van der Waals surface area contributed by atoms with Crippen molar-refractivity contribution in [1.29, 1.82) is 0 Å². The summed E-state index contributed by atoms with van der Waals surface area (Å²) in [5, 5.41) is 21.2. The molecule has 0 aliphatic carbocycles. The van der Waals surface area contributed by atoms with Crippen molar-refractivity contribution in [2.24, 2.45) is 0 Å². The molecular formula is C20H20FN3O5. The highest BCUT2D eigenvalue weighted by Crippen LogP contribution is 2.17. The number of aromatic nitrogens is 2. The Bertz CT molecular complexity index is 1080. The second-order valence-electron chi connectivity index (χ2n) is 6.58. The SMILES string of the molecule is Cc1cn(C[C@@H](O)COCc2ccccc2F)c(=O)n1-c1cccc([N+](=O)[O-])c1. The van der Waals surface area contributed by atoms with Crippen LogP contribution in [0.2, 0.25) is 0 Å². The van der Waals surface area contributed by atoms with Gasteiger partial charge in [0.25, 0.3) is 5.69 Å². The molecule has 0 amide bonds.